The van der Waals surface area contributed by atoms with Crippen molar-refractivity contribution >= 4 is 39.6 Å². The van der Waals surface area contributed by atoms with Crippen LogP contribution < -0.4 is 24.4 Å². The lowest BCUT2D eigenvalue weighted by Crippen LogP contribution is -2.33. The predicted octanol–water partition coefficient (Wildman–Crippen LogP) is 6.15. The van der Waals surface area contributed by atoms with Crippen LogP contribution >= 0.6 is 0 Å². The number of benzene rings is 5. The second-order valence-electron chi connectivity index (χ2n) is 9.13. The van der Waals surface area contributed by atoms with Crippen LogP contribution in [-0.2, 0) is 4.79 Å². The largest absolute Gasteiger partial charge is 0.493 e. The number of nitrogens with one attached hydrogen (secondary N) is 1. The quantitative estimate of drug-likeness (QED) is 0.103. The van der Waals surface area contributed by atoms with Crippen LogP contribution in [0, 0.1) is 0 Å². The summed E-state index contributed by atoms with van der Waals surface area (Å²) >= 11 is 0. The summed E-state index contributed by atoms with van der Waals surface area (Å²) in [6, 6.07) is 29.4. The fraction of sp³-hybridized carbons (Fsp3) is 0.121. The van der Waals surface area contributed by atoms with Gasteiger partial charge in [0.05, 0.1) is 26.0 Å². The molecule has 1 amide bonds. The Hall–Kier alpha value is -5.37. The maximum absolute atomic E-state index is 13.1. The van der Waals surface area contributed by atoms with Crippen molar-refractivity contribution in [1.29, 1.82) is 0 Å². The van der Waals surface area contributed by atoms with Crippen LogP contribution in [0.15, 0.2) is 102 Å². The molecule has 206 valence electrons. The number of carbonyl (C=O) groups is 2. The first-order valence-corrected chi connectivity index (χ1v) is 12.9. The SMILES string of the molecule is COc1ccc(C(=O)Oc2ccc3ccccc3c2/C=N\NC(=O)[C@H](C)Oc2cccc3ccccc23)cc1OC. The van der Waals surface area contributed by atoms with E-state index in [1.54, 1.807) is 31.2 Å². The highest BCUT2D eigenvalue weighted by Gasteiger charge is 2.18. The Balaban J connectivity index is 1.35. The molecule has 0 unspecified atom stereocenters. The number of nitrogens with zero attached hydrogens (tertiary/aromatic N) is 1. The second kappa shape index (κ2) is 12.2. The standard InChI is InChI=1S/C33H28N2O6/c1-21(40-28-14-8-11-22-9-5-7-13-26(22)28)32(36)35-34-20-27-25-12-6-4-10-23(25)15-17-29(27)41-33(37)24-16-18-30(38-2)31(19-24)39-3/h4-21H,1-3H3,(H,35,36)/b34-20-/t21-/m0/s1. The molecule has 8 nitrogen and oxygen atoms in total. The lowest BCUT2D eigenvalue weighted by atomic mass is 10.0. The fourth-order valence-corrected chi connectivity index (χ4v) is 4.41. The maximum Gasteiger partial charge on any atom is 0.343 e. The first-order valence-electron chi connectivity index (χ1n) is 12.9. The number of esters is 1. The van der Waals surface area contributed by atoms with Gasteiger partial charge in [0.25, 0.3) is 5.91 Å². The highest BCUT2D eigenvalue weighted by molar-refractivity contribution is 6.04. The minimum atomic E-state index is -0.812. The van der Waals surface area contributed by atoms with Crippen molar-refractivity contribution in [3.63, 3.8) is 0 Å². The molecule has 5 aromatic carbocycles. The molecule has 0 aliphatic carbocycles. The van der Waals surface area contributed by atoms with Crippen LogP contribution in [0.2, 0.25) is 0 Å². The van der Waals surface area contributed by atoms with Crippen molar-refractivity contribution in [2.45, 2.75) is 13.0 Å². The molecule has 1 N–H and O–H groups in total. The Morgan fingerprint density at radius 3 is 2.15 bits per heavy atom. The van der Waals surface area contributed by atoms with E-state index in [-0.39, 0.29) is 11.3 Å². The van der Waals surface area contributed by atoms with Crippen LogP contribution in [-0.4, -0.2) is 38.4 Å². The third kappa shape index (κ3) is 5.96. The molecular weight excluding hydrogens is 520 g/mol. The molecule has 1 atom stereocenters. The Labute approximate surface area is 237 Å². The van der Waals surface area contributed by atoms with Gasteiger partial charge in [0.15, 0.2) is 17.6 Å². The van der Waals surface area contributed by atoms with Gasteiger partial charge >= 0.3 is 5.97 Å². The molecule has 0 radical (unpaired) electrons. The third-order valence-corrected chi connectivity index (χ3v) is 6.54. The Bertz CT molecular complexity index is 1760. The second-order valence-corrected chi connectivity index (χ2v) is 9.13. The van der Waals surface area contributed by atoms with E-state index in [1.807, 2.05) is 72.8 Å². The summed E-state index contributed by atoms with van der Waals surface area (Å²) in [6.45, 7) is 1.65. The van der Waals surface area contributed by atoms with Gasteiger partial charge in [-0.3, -0.25) is 4.79 Å². The van der Waals surface area contributed by atoms with Gasteiger partial charge in [0, 0.05) is 10.9 Å². The third-order valence-electron chi connectivity index (χ3n) is 6.54. The minimum absolute atomic E-state index is 0.279. The van der Waals surface area contributed by atoms with E-state index < -0.39 is 18.0 Å². The normalized spacial score (nSPS) is 11.8. The van der Waals surface area contributed by atoms with E-state index in [9.17, 15) is 9.59 Å². The molecule has 8 heteroatoms. The number of methoxy groups -OCH3 is 2. The van der Waals surface area contributed by atoms with Gasteiger partial charge in [-0.2, -0.15) is 5.10 Å². The first kappa shape index (κ1) is 27.2. The van der Waals surface area contributed by atoms with Gasteiger partial charge in [-0.15, -0.1) is 0 Å². The van der Waals surface area contributed by atoms with Gasteiger partial charge < -0.3 is 18.9 Å². The molecule has 0 saturated carbocycles. The number of hydrazone groups is 1. The van der Waals surface area contributed by atoms with Gasteiger partial charge in [-0.05, 0) is 53.4 Å². The number of amides is 1. The Morgan fingerprint density at radius 2 is 1.39 bits per heavy atom. The summed E-state index contributed by atoms with van der Waals surface area (Å²) in [7, 11) is 3.01. The number of fused-ring (bicyclic) bond motifs is 2. The fourth-order valence-electron chi connectivity index (χ4n) is 4.41. The molecule has 0 aromatic heterocycles. The molecule has 0 spiro atoms. The van der Waals surface area contributed by atoms with E-state index in [4.69, 9.17) is 18.9 Å². The van der Waals surface area contributed by atoms with Gasteiger partial charge in [0.2, 0.25) is 0 Å². The lowest BCUT2D eigenvalue weighted by Gasteiger charge is -2.15. The smallest absolute Gasteiger partial charge is 0.343 e. The zero-order valence-electron chi connectivity index (χ0n) is 22.8. The van der Waals surface area contributed by atoms with Crippen LogP contribution in [0.4, 0.5) is 0 Å². The number of rotatable bonds is 9. The van der Waals surface area contributed by atoms with E-state index in [1.165, 1.54) is 20.4 Å². The topological polar surface area (TPSA) is 95.5 Å². The summed E-state index contributed by atoms with van der Waals surface area (Å²) in [5.74, 6) is 0.770. The number of hydrogen-bond donors (Lipinski definition) is 1. The molecule has 0 fully saturated rings. The molecule has 5 aromatic rings. The zero-order chi connectivity index (χ0) is 28.8. The molecule has 0 heterocycles. The van der Waals surface area contributed by atoms with Crippen molar-refractivity contribution in [2.75, 3.05) is 14.2 Å². The van der Waals surface area contributed by atoms with Gasteiger partial charge in [0.1, 0.15) is 11.5 Å². The first-order chi connectivity index (χ1) is 20.0. The molecule has 0 bridgehead atoms. The van der Waals surface area contributed by atoms with Crippen LogP contribution in [0.3, 0.4) is 0 Å². The maximum atomic E-state index is 13.1. The van der Waals surface area contributed by atoms with Crippen molar-refractivity contribution in [1.82, 2.24) is 5.43 Å². The van der Waals surface area contributed by atoms with E-state index in [2.05, 4.69) is 10.5 Å². The predicted molar refractivity (Wildman–Crippen MR) is 158 cm³/mol. The van der Waals surface area contributed by atoms with Gasteiger partial charge in [-0.25, -0.2) is 10.2 Å². The zero-order valence-corrected chi connectivity index (χ0v) is 22.8. The number of hydrogen-bond acceptors (Lipinski definition) is 7. The highest BCUT2D eigenvalue weighted by Crippen LogP contribution is 2.30. The summed E-state index contributed by atoms with van der Waals surface area (Å²) in [5, 5.41) is 7.81. The number of ether oxygens (including phenoxy) is 4. The van der Waals surface area contributed by atoms with Gasteiger partial charge in [-0.1, -0.05) is 66.7 Å². The highest BCUT2D eigenvalue weighted by atomic mass is 16.5. The van der Waals surface area contributed by atoms with Crippen molar-refractivity contribution < 1.29 is 28.5 Å². The monoisotopic (exact) mass is 548 g/mol. The van der Waals surface area contributed by atoms with Crippen LogP contribution in [0.5, 0.6) is 23.0 Å². The summed E-state index contributed by atoms with van der Waals surface area (Å²) in [6.07, 6.45) is 0.648. The van der Waals surface area contributed by atoms with Crippen molar-refractivity contribution in [3.8, 4) is 23.0 Å². The Kier molecular flexibility index (Phi) is 8.10. The molecule has 41 heavy (non-hydrogen) atoms. The number of carbonyl (C=O) groups excluding carboxylic acids is 2. The summed E-state index contributed by atoms with van der Waals surface area (Å²) in [5.41, 5.74) is 3.35. The Morgan fingerprint density at radius 1 is 0.732 bits per heavy atom. The average molecular weight is 549 g/mol. The van der Waals surface area contributed by atoms with Crippen molar-refractivity contribution in [2.24, 2.45) is 5.10 Å². The van der Waals surface area contributed by atoms with E-state index in [0.717, 1.165) is 21.5 Å². The van der Waals surface area contributed by atoms with E-state index in [0.29, 0.717) is 22.8 Å². The van der Waals surface area contributed by atoms with Crippen LogP contribution in [0.1, 0.15) is 22.8 Å². The molecule has 0 aliphatic heterocycles. The summed E-state index contributed by atoms with van der Waals surface area (Å²) in [4.78, 5) is 25.9. The summed E-state index contributed by atoms with van der Waals surface area (Å²) < 4.78 is 22.3. The van der Waals surface area contributed by atoms with E-state index >= 15 is 0 Å². The molecule has 5 rings (SSSR count). The average Bonchev–Trinajstić information content (AvgIpc) is 3.01. The lowest BCUT2D eigenvalue weighted by molar-refractivity contribution is -0.127. The molecule has 0 saturated heterocycles. The minimum Gasteiger partial charge on any atom is -0.493 e. The molecular formula is C33H28N2O6. The molecule has 0 aliphatic rings. The van der Waals surface area contributed by atoms with Crippen LogP contribution in [0.25, 0.3) is 21.5 Å². The van der Waals surface area contributed by atoms with Crippen molar-refractivity contribution in [3.05, 3.63) is 108 Å².